The van der Waals surface area contributed by atoms with Gasteiger partial charge < -0.3 is 14.2 Å². The molecule has 1 aliphatic rings. The number of esters is 1. The van der Waals surface area contributed by atoms with Gasteiger partial charge in [0.2, 0.25) is 5.90 Å². The summed E-state index contributed by atoms with van der Waals surface area (Å²) in [6, 6.07) is 10.2. The van der Waals surface area contributed by atoms with Crippen LogP contribution in [0.2, 0.25) is 10.0 Å². The highest BCUT2D eigenvalue weighted by atomic mass is 35.5. The Morgan fingerprint density at radius 2 is 1.89 bits per heavy atom. The van der Waals surface area contributed by atoms with Crippen LogP contribution in [0.25, 0.3) is 6.08 Å². The number of halogens is 2. The SMILES string of the molecule is COc1cc(/C=C2\N=C(c3ccc(Cl)cc3Cl)OC2=O)ccc1OC(C)C. The molecule has 0 bridgehead atoms. The molecule has 0 aliphatic carbocycles. The van der Waals surface area contributed by atoms with Gasteiger partial charge in [0, 0.05) is 5.02 Å². The average molecular weight is 406 g/mol. The van der Waals surface area contributed by atoms with Gasteiger partial charge in [0.1, 0.15) is 0 Å². The summed E-state index contributed by atoms with van der Waals surface area (Å²) in [5.74, 6) is 0.771. The molecule has 2 aromatic carbocycles. The van der Waals surface area contributed by atoms with E-state index in [0.717, 1.165) is 5.56 Å². The summed E-state index contributed by atoms with van der Waals surface area (Å²) >= 11 is 12.1. The molecule has 0 spiro atoms. The van der Waals surface area contributed by atoms with Crippen LogP contribution in [0.4, 0.5) is 0 Å². The van der Waals surface area contributed by atoms with Crippen LogP contribution in [-0.2, 0) is 9.53 Å². The first-order valence-corrected chi connectivity index (χ1v) is 8.95. The minimum atomic E-state index is -0.558. The largest absolute Gasteiger partial charge is 0.493 e. The van der Waals surface area contributed by atoms with Crippen molar-refractivity contribution in [3.8, 4) is 11.5 Å². The molecule has 0 aromatic heterocycles. The second-order valence-corrected chi connectivity index (χ2v) is 6.88. The molecular weight excluding hydrogens is 389 g/mol. The highest BCUT2D eigenvalue weighted by Gasteiger charge is 2.25. The standard InChI is InChI=1S/C20H17Cl2NO4/c1-11(2)26-17-7-4-12(9-18(17)25-3)8-16-20(24)27-19(23-16)14-6-5-13(21)10-15(14)22/h4-11H,1-3H3/b16-8-. The van der Waals surface area contributed by atoms with Gasteiger partial charge in [0.05, 0.1) is 23.8 Å². The van der Waals surface area contributed by atoms with Crippen molar-refractivity contribution >= 4 is 41.1 Å². The zero-order valence-electron chi connectivity index (χ0n) is 15.0. The molecule has 0 N–H and O–H groups in total. The summed E-state index contributed by atoms with van der Waals surface area (Å²) in [7, 11) is 1.56. The Morgan fingerprint density at radius 3 is 2.56 bits per heavy atom. The predicted molar refractivity (Wildman–Crippen MR) is 106 cm³/mol. The Labute approximate surface area is 167 Å². The van der Waals surface area contributed by atoms with E-state index in [4.69, 9.17) is 37.4 Å². The van der Waals surface area contributed by atoms with E-state index in [1.54, 1.807) is 43.5 Å². The zero-order valence-corrected chi connectivity index (χ0v) is 16.5. The maximum Gasteiger partial charge on any atom is 0.363 e. The minimum Gasteiger partial charge on any atom is -0.493 e. The topological polar surface area (TPSA) is 57.1 Å². The molecule has 2 aromatic rings. The Bertz CT molecular complexity index is 951. The van der Waals surface area contributed by atoms with Gasteiger partial charge in [-0.2, -0.15) is 0 Å². The number of methoxy groups -OCH3 is 1. The lowest BCUT2D eigenvalue weighted by atomic mass is 10.1. The van der Waals surface area contributed by atoms with Crippen LogP contribution >= 0.6 is 23.2 Å². The number of ether oxygens (including phenoxy) is 3. The number of nitrogens with zero attached hydrogens (tertiary/aromatic N) is 1. The predicted octanol–water partition coefficient (Wildman–Crippen LogP) is 5.13. The van der Waals surface area contributed by atoms with E-state index in [0.29, 0.717) is 27.1 Å². The number of rotatable bonds is 5. The fourth-order valence-electron chi connectivity index (χ4n) is 2.47. The van der Waals surface area contributed by atoms with Crippen LogP contribution in [0.5, 0.6) is 11.5 Å². The van der Waals surface area contributed by atoms with Gasteiger partial charge in [-0.1, -0.05) is 29.3 Å². The molecule has 0 radical (unpaired) electrons. The van der Waals surface area contributed by atoms with Crippen molar-refractivity contribution in [3.63, 3.8) is 0 Å². The van der Waals surface area contributed by atoms with Crippen molar-refractivity contribution in [1.82, 2.24) is 0 Å². The van der Waals surface area contributed by atoms with Crippen molar-refractivity contribution in [2.75, 3.05) is 7.11 Å². The van der Waals surface area contributed by atoms with Crippen LogP contribution < -0.4 is 9.47 Å². The molecule has 0 unspecified atom stereocenters. The number of hydrogen-bond acceptors (Lipinski definition) is 5. The fourth-order valence-corrected chi connectivity index (χ4v) is 2.96. The molecular formula is C20H17Cl2NO4. The smallest absolute Gasteiger partial charge is 0.363 e. The lowest BCUT2D eigenvalue weighted by Crippen LogP contribution is -2.06. The number of carbonyl (C=O) groups excluding carboxylic acids is 1. The van der Waals surface area contributed by atoms with Crippen molar-refractivity contribution in [2.45, 2.75) is 20.0 Å². The van der Waals surface area contributed by atoms with Gasteiger partial charge in [0.25, 0.3) is 0 Å². The molecule has 3 rings (SSSR count). The van der Waals surface area contributed by atoms with E-state index in [9.17, 15) is 4.79 Å². The lowest BCUT2D eigenvalue weighted by molar-refractivity contribution is -0.129. The third-order valence-electron chi connectivity index (χ3n) is 3.64. The third-order valence-corrected chi connectivity index (χ3v) is 4.18. The monoisotopic (exact) mass is 405 g/mol. The maximum atomic E-state index is 12.2. The Hall–Kier alpha value is -2.50. The van der Waals surface area contributed by atoms with Crippen LogP contribution in [0.15, 0.2) is 47.1 Å². The van der Waals surface area contributed by atoms with Gasteiger partial charge in [-0.15, -0.1) is 0 Å². The molecule has 1 heterocycles. The molecule has 27 heavy (non-hydrogen) atoms. The highest BCUT2D eigenvalue weighted by molar-refractivity contribution is 6.37. The number of benzene rings is 2. The van der Waals surface area contributed by atoms with Gasteiger partial charge in [-0.25, -0.2) is 9.79 Å². The van der Waals surface area contributed by atoms with Gasteiger partial charge in [-0.3, -0.25) is 0 Å². The number of hydrogen-bond donors (Lipinski definition) is 0. The van der Waals surface area contributed by atoms with Crippen LogP contribution in [0.3, 0.4) is 0 Å². The summed E-state index contributed by atoms with van der Waals surface area (Å²) in [5.41, 5.74) is 1.38. The lowest BCUT2D eigenvalue weighted by Gasteiger charge is -2.13. The van der Waals surface area contributed by atoms with Crippen LogP contribution in [0.1, 0.15) is 25.0 Å². The molecule has 1 aliphatic heterocycles. The Balaban J connectivity index is 1.92. The van der Waals surface area contributed by atoms with Crippen molar-refractivity contribution in [1.29, 1.82) is 0 Å². The molecule has 140 valence electrons. The second kappa shape index (κ2) is 8.03. The fraction of sp³-hybridized carbons (Fsp3) is 0.200. The van der Waals surface area contributed by atoms with E-state index < -0.39 is 5.97 Å². The Kier molecular flexibility index (Phi) is 5.73. The molecule has 0 saturated carbocycles. The summed E-state index contributed by atoms with van der Waals surface area (Å²) in [6.45, 7) is 3.87. The first kappa shape index (κ1) is 19.3. The van der Waals surface area contributed by atoms with Gasteiger partial charge in [0.15, 0.2) is 17.2 Å². The number of carbonyl (C=O) groups is 1. The minimum absolute atomic E-state index is 0.0178. The number of aliphatic imine (C=N–C) groups is 1. The molecule has 0 atom stereocenters. The first-order chi connectivity index (χ1) is 12.9. The summed E-state index contributed by atoms with van der Waals surface area (Å²) in [6.07, 6.45) is 1.63. The molecule has 5 nitrogen and oxygen atoms in total. The normalized spacial score (nSPS) is 15.1. The first-order valence-electron chi connectivity index (χ1n) is 8.20. The van der Waals surface area contributed by atoms with Crippen molar-refractivity contribution in [2.24, 2.45) is 4.99 Å². The van der Waals surface area contributed by atoms with E-state index >= 15 is 0 Å². The summed E-state index contributed by atoms with van der Waals surface area (Å²) in [4.78, 5) is 16.4. The van der Waals surface area contributed by atoms with Crippen molar-refractivity contribution in [3.05, 3.63) is 63.3 Å². The van der Waals surface area contributed by atoms with Crippen LogP contribution in [0, 0.1) is 0 Å². The maximum absolute atomic E-state index is 12.2. The molecule has 7 heteroatoms. The molecule has 0 amide bonds. The summed E-state index contributed by atoms with van der Waals surface area (Å²) < 4.78 is 16.3. The molecule has 0 fully saturated rings. The Morgan fingerprint density at radius 1 is 1.11 bits per heavy atom. The van der Waals surface area contributed by atoms with Gasteiger partial charge in [-0.05, 0) is 55.8 Å². The summed E-state index contributed by atoms with van der Waals surface area (Å²) in [5, 5.41) is 0.840. The highest BCUT2D eigenvalue weighted by Crippen LogP contribution is 2.31. The third kappa shape index (κ3) is 4.43. The van der Waals surface area contributed by atoms with E-state index in [-0.39, 0.29) is 17.7 Å². The van der Waals surface area contributed by atoms with E-state index in [1.807, 2.05) is 19.9 Å². The zero-order chi connectivity index (χ0) is 19.6. The second-order valence-electron chi connectivity index (χ2n) is 6.04. The average Bonchev–Trinajstić information content (AvgIpc) is 2.96. The van der Waals surface area contributed by atoms with E-state index in [2.05, 4.69) is 4.99 Å². The van der Waals surface area contributed by atoms with Gasteiger partial charge >= 0.3 is 5.97 Å². The van der Waals surface area contributed by atoms with E-state index in [1.165, 1.54) is 0 Å². The van der Waals surface area contributed by atoms with Crippen LogP contribution in [-0.4, -0.2) is 25.1 Å². The molecule has 0 saturated heterocycles. The number of cyclic esters (lactones) is 1. The van der Waals surface area contributed by atoms with Crippen molar-refractivity contribution < 1.29 is 19.0 Å². The quantitative estimate of drug-likeness (QED) is 0.510.